The summed E-state index contributed by atoms with van der Waals surface area (Å²) in [5.74, 6) is -0.131. The van der Waals surface area contributed by atoms with Crippen LogP contribution in [0.5, 0.6) is 0 Å². The summed E-state index contributed by atoms with van der Waals surface area (Å²) in [4.78, 5) is 0. The zero-order valence-electron chi connectivity index (χ0n) is 12.4. The Morgan fingerprint density at radius 1 is 1.26 bits per heavy atom. The second kappa shape index (κ2) is 6.04. The molecular formula is C17H26FN. The zero-order chi connectivity index (χ0) is 13.9. The molecule has 2 rings (SSSR count). The van der Waals surface area contributed by atoms with E-state index < -0.39 is 0 Å². The Morgan fingerprint density at radius 2 is 1.95 bits per heavy atom. The molecule has 0 saturated heterocycles. The van der Waals surface area contributed by atoms with Crippen molar-refractivity contribution in [2.24, 2.45) is 5.41 Å². The summed E-state index contributed by atoms with van der Waals surface area (Å²) in [6.45, 7) is 7.45. The quantitative estimate of drug-likeness (QED) is 0.808. The summed E-state index contributed by atoms with van der Waals surface area (Å²) in [6, 6.07) is 5.61. The molecule has 0 aromatic heterocycles. The van der Waals surface area contributed by atoms with Gasteiger partial charge >= 0.3 is 0 Å². The van der Waals surface area contributed by atoms with Gasteiger partial charge in [0.15, 0.2) is 0 Å². The first-order valence-electron chi connectivity index (χ1n) is 7.62. The molecular weight excluding hydrogens is 237 g/mol. The highest BCUT2D eigenvalue weighted by atomic mass is 19.1. The highest BCUT2D eigenvalue weighted by Gasteiger charge is 2.40. The molecule has 1 aromatic rings. The van der Waals surface area contributed by atoms with Crippen molar-refractivity contribution in [2.75, 3.05) is 6.54 Å². The normalized spacial score (nSPS) is 19.6. The predicted octanol–water partition coefficient (Wildman–Crippen LogP) is 4.76. The maximum atomic E-state index is 13.3. The maximum absolute atomic E-state index is 13.3. The average Bonchev–Trinajstić information content (AvgIpc) is 2.87. The van der Waals surface area contributed by atoms with Crippen LogP contribution in [0.2, 0.25) is 0 Å². The summed E-state index contributed by atoms with van der Waals surface area (Å²) in [7, 11) is 0. The highest BCUT2D eigenvalue weighted by molar-refractivity contribution is 5.31. The Kier molecular flexibility index (Phi) is 4.62. The fourth-order valence-electron chi connectivity index (χ4n) is 3.75. The van der Waals surface area contributed by atoms with E-state index in [0.29, 0.717) is 11.5 Å². The molecule has 19 heavy (non-hydrogen) atoms. The van der Waals surface area contributed by atoms with Crippen LogP contribution in [0.4, 0.5) is 4.39 Å². The fourth-order valence-corrected chi connectivity index (χ4v) is 3.75. The first kappa shape index (κ1) is 14.5. The van der Waals surface area contributed by atoms with Crippen molar-refractivity contribution in [2.45, 2.75) is 58.9 Å². The van der Waals surface area contributed by atoms with Crippen molar-refractivity contribution in [1.29, 1.82) is 0 Å². The summed E-state index contributed by atoms with van der Waals surface area (Å²) in [5.41, 5.74) is 2.72. The van der Waals surface area contributed by atoms with E-state index in [1.54, 1.807) is 12.1 Å². The number of rotatable bonds is 5. The largest absolute Gasteiger partial charge is 0.310 e. The zero-order valence-corrected chi connectivity index (χ0v) is 12.4. The lowest BCUT2D eigenvalue weighted by Crippen LogP contribution is -2.36. The van der Waals surface area contributed by atoms with Gasteiger partial charge in [0.1, 0.15) is 5.82 Å². The van der Waals surface area contributed by atoms with E-state index in [-0.39, 0.29) is 5.82 Å². The van der Waals surface area contributed by atoms with E-state index in [0.717, 1.165) is 12.1 Å². The van der Waals surface area contributed by atoms with Crippen molar-refractivity contribution in [3.63, 3.8) is 0 Å². The molecule has 1 N–H and O–H groups in total. The van der Waals surface area contributed by atoms with Gasteiger partial charge in [-0.3, -0.25) is 0 Å². The summed E-state index contributed by atoms with van der Waals surface area (Å²) < 4.78 is 13.3. The van der Waals surface area contributed by atoms with E-state index in [1.807, 2.05) is 13.0 Å². The van der Waals surface area contributed by atoms with Crippen molar-refractivity contribution >= 4 is 0 Å². The number of aryl methyl sites for hydroxylation is 1. The van der Waals surface area contributed by atoms with Crippen molar-refractivity contribution in [1.82, 2.24) is 5.32 Å². The Morgan fingerprint density at radius 3 is 2.47 bits per heavy atom. The molecule has 1 saturated carbocycles. The number of hydrogen-bond acceptors (Lipinski definition) is 1. The molecule has 1 aromatic carbocycles. The van der Waals surface area contributed by atoms with Gasteiger partial charge < -0.3 is 5.32 Å². The smallest absolute Gasteiger partial charge is 0.123 e. The molecule has 1 atom stereocenters. The lowest BCUT2D eigenvalue weighted by Gasteiger charge is -2.38. The Balaban J connectivity index is 2.38. The lowest BCUT2D eigenvalue weighted by molar-refractivity contribution is 0.188. The van der Waals surface area contributed by atoms with Gasteiger partial charge in [-0.25, -0.2) is 4.39 Å². The third-order valence-corrected chi connectivity index (χ3v) is 4.87. The lowest BCUT2D eigenvalue weighted by atomic mass is 9.72. The summed E-state index contributed by atoms with van der Waals surface area (Å²) in [6.07, 6.45) is 6.43. The fraction of sp³-hybridized carbons (Fsp3) is 0.647. The second-order valence-electron chi connectivity index (χ2n) is 5.91. The van der Waals surface area contributed by atoms with Crippen LogP contribution in [-0.2, 0) is 0 Å². The van der Waals surface area contributed by atoms with Gasteiger partial charge in [0.25, 0.3) is 0 Å². The Labute approximate surface area is 116 Å². The molecule has 0 amide bonds. The third kappa shape index (κ3) is 2.84. The topological polar surface area (TPSA) is 12.0 Å². The molecule has 1 aliphatic rings. The van der Waals surface area contributed by atoms with Gasteiger partial charge in [-0.2, -0.15) is 0 Å². The molecule has 1 fully saturated rings. The van der Waals surface area contributed by atoms with Gasteiger partial charge in [0.2, 0.25) is 0 Å². The predicted molar refractivity (Wildman–Crippen MR) is 78.7 cm³/mol. The van der Waals surface area contributed by atoms with Crippen molar-refractivity contribution < 1.29 is 4.39 Å². The Hall–Kier alpha value is -0.890. The van der Waals surface area contributed by atoms with Gasteiger partial charge in [0, 0.05) is 6.04 Å². The molecule has 106 valence electrons. The van der Waals surface area contributed by atoms with Crippen LogP contribution in [0.25, 0.3) is 0 Å². The van der Waals surface area contributed by atoms with Crippen LogP contribution in [0.3, 0.4) is 0 Å². The third-order valence-electron chi connectivity index (χ3n) is 4.87. The summed E-state index contributed by atoms with van der Waals surface area (Å²) in [5, 5.41) is 3.67. The first-order valence-corrected chi connectivity index (χ1v) is 7.62. The molecule has 0 radical (unpaired) electrons. The van der Waals surface area contributed by atoms with Crippen LogP contribution in [0.1, 0.15) is 63.1 Å². The number of hydrogen-bond donors (Lipinski definition) is 1. The van der Waals surface area contributed by atoms with E-state index >= 15 is 0 Å². The SMILES string of the molecule is CCNC(c1ccc(F)cc1C)C1(CC)CCCC1. The minimum Gasteiger partial charge on any atom is -0.310 e. The Bertz CT molecular complexity index is 421. The molecule has 1 aliphatic carbocycles. The maximum Gasteiger partial charge on any atom is 0.123 e. The standard InChI is InChI=1S/C17H26FN/c1-4-17(10-6-7-11-17)16(19-5-2)15-9-8-14(18)12-13(15)3/h8-9,12,16,19H,4-7,10-11H2,1-3H3. The first-order chi connectivity index (χ1) is 9.13. The van der Waals surface area contributed by atoms with Gasteiger partial charge in [-0.1, -0.05) is 32.8 Å². The van der Waals surface area contributed by atoms with Crippen molar-refractivity contribution in [3.05, 3.63) is 35.1 Å². The minimum atomic E-state index is -0.131. The van der Waals surface area contributed by atoms with E-state index in [2.05, 4.69) is 19.2 Å². The molecule has 0 bridgehead atoms. The number of halogens is 1. The van der Waals surface area contributed by atoms with Crippen molar-refractivity contribution in [3.8, 4) is 0 Å². The molecule has 1 unspecified atom stereocenters. The monoisotopic (exact) mass is 263 g/mol. The van der Waals surface area contributed by atoms with E-state index in [4.69, 9.17) is 0 Å². The van der Waals surface area contributed by atoms with Gasteiger partial charge in [-0.15, -0.1) is 0 Å². The van der Waals surface area contributed by atoms with Crippen LogP contribution in [-0.4, -0.2) is 6.54 Å². The molecule has 0 heterocycles. The molecule has 1 nitrogen and oxygen atoms in total. The van der Waals surface area contributed by atoms with Crippen LogP contribution < -0.4 is 5.32 Å². The minimum absolute atomic E-state index is 0.131. The van der Waals surface area contributed by atoms with E-state index in [9.17, 15) is 4.39 Å². The number of nitrogens with one attached hydrogen (secondary N) is 1. The summed E-state index contributed by atoms with van der Waals surface area (Å²) >= 11 is 0. The second-order valence-corrected chi connectivity index (χ2v) is 5.91. The highest BCUT2D eigenvalue weighted by Crippen LogP contribution is 2.50. The van der Waals surface area contributed by atoms with E-state index in [1.165, 1.54) is 37.7 Å². The van der Waals surface area contributed by atoms with Crippen LogP contribution in [0.15, 0.2) is 18.2 Å². The van der Waals surface area contributed by atoms with Gasteiger partial charge in [0.05, 0.1) is 0 Å². The van der Waals surface area contributed by atoms with Crippen LogP contribution in [0, 0.1) is 18.2 Å². The molecule has 0 spiro atoms. The average molecular weight is 263 g/mol. The van der Waals surface area contributed by atoms with Crippen LogP contribution >= 0.6 is 0 Å². The molecule has 0 aliphatic heterocycles. The number of benzene rings is 1. The molecule has 2 heteroatoms. The van der Waals surface area contributed by atoms with Gasteiger partial charge in [-0.05, 0) is 61.4 Å².